The molecular formula is C13H17N3O2. The molecule has 1 aromatic heterocycles. The number of fused-ring (bicyclic) bond motifs is 1. The van der Waals surface area contributed by atoms with Crippen LogP contribution in [0.1, 0.15) is 30.1 Å². The third-order valence-corrected chi connectivity index (χ3v) is 3.86. The fourth-order valence-corrected chi connectivity index (χ4v) is 2.95. The number of hydrogen-bond acceptors (Lipinski definition) is 4. The predicted molar refractivity (Wildman–Crippen MR) is 65.0 cm³/mol. The fraction of sp³-hybridized carbons (Fsp3) is 0.615. The van der Waals surface area contributed by atoms with Crippen LogP contribution in [-0.4, -0.2) is 46.3 Å². The largest absolute Gasteiger partial charge is 0.373 e. The van der Waals surface area contributed by atoms with Crippen LogP contribution in [-0.2, 0) is 4.74 Å². The third-order valence-electron chi connectivity index (χ3n) is 3.86. The van der Waals surface area contributed by atoms with E-state index in [0.717, 1.165) is 19.4 Å². The number of carbonyl (C=O) groups is 1. The van der Waals surface area contributed by atoms with Crippen molar-refractivity contribution in [3.8, 4) is 0 Å². The molecule has 1 amide bonds. The van der Waals surface area contributed by atoms with Crippen LogP contribution in [0.3, 0.4) is 0 Å². The van der Waals surface area contributed by atoms with Crippen LogP contribution < -0.4 is 0 Å². The highest BCUT2D eigenvalue weighted by atomic mass is 16.5. The SMILES string of the molecule is C[C@@H]1C[C@@H]2CCN(C(=O)c3ccnnc3)C[C@H]2O1. The molecular weight excluding hydrogens is 230 g/mol. The molecule has 0 aliphatic carbocycles. The Morgan fingerprint density at radius 3 is 3.17 bits per heavy atom. The van der Waals surface area contributed by atoms with Gasteiger partial charge in [-0.2, -0.15) is 10.2 Å². The average molecular weight is 247 g/mol. The highest BCUT2D eigenvalue weighted by Gasteiger charge is 2.38. The highest BCUT2D eigenvalue weighted by Crippen LogP contribution is 2.33. The summed E-state index contributed by atoms with van der Waals surface area (Å²) in [6.07, 6.45) is 5.79. The van der Waals surface area contributed by atoms with Gasteiger partial charge < -0.3 is 9.64 Å². The standard InChI is InChI=1S/C13H17N3O2/c1-9-6-10-3-5-16(8-12(10)18-9)13(17)11-2-4-14-15-7-11/h2,4,7,9-10,12H,3,5-6,8H2,1H3/t9-,10+,12-/m1/s1. The number of nitrogens with zero attached hydrogens (tertiary/aromatic N) is 3. The molecule has 0 aromatic carbocycles. The summed E-state index contributed by atoms with van der Waals surface area (Å²) in [5.41, 5.74) is 0.606. The van der Waals surface area contributed by atoms with Gasteiger partial charge in [0.25, 0.3) is 5.91 Å². The predicted octanol–water partition coefficient (Wildman–Crippen LogP) is 1.12. The number of piperidine rings is 1. The van der Waals surface area contributed by atoms with Gasteiger partial charge in [-0.05, 0) is 31.7 Å². The molecule has 3 heterocycles. The molecule has 18 heavy (non-hydrogen) atoms. The molecule has 1 aromatic rings. The molecule has 0 unspecified atom stereocenters. The van der Waals surface area contributed by atoms with Gasteiger partial charge in [0.05, 0.1) is 30.2 Å². The number of hydrogen-bond donors (Lipinski definition) is 0. The quantitative estimate of drug-likeness (QED) is 0.746. The molecule has 2 fully saturated rings. The van der Waals surface area contributed by atoms with Gasteiger partial charge >= 0.3 is 0 Å². The van der Waals surface area contributed by atoms with Crippen molar-refractivity contribution in [2.75, 3.05) is 13.1 Å². The van der Waals surface area contributed by atoms with E-state index in [0.29, 0.717) is 24.1 Å². The van der Waals surface area contributed by atoms with Crippen LogP contribution in [0.25, 0.3) is 0 Å². The number of aromatic nitrogens is 2. The van der Waals surface area contributed by atoms with E-state index >= 15 is 0 Å². The Kier molecular flexibility index (Phi) is 2.99. The third kappa shape index (κ3) is 2.10. The monoisotopic (exact) mass is 247 g/mol. The van der Waals surface area contributed by atoms with Gasteiger partial charge in [0.15, 0.2) is 0 Å². The van der Waals surface area contributed by atoms with Crippen LogP contribution in [0.15, 0.2) is 18.5 Å². The zero-order valence-electron chi connectivity index (χ0n) is 10.5. The summed E-state index contributed by atoms with van der Waals surface area (Å²) >= 11 is 0. The fourth-order valence-electron chi connectivity index (χ4n) is 2.95. The molecule has 2 saturated heterocycles. The maximum Gasteiger partial charge on any atom is 0.255 e. The molecule has 0 bridgehead atoms. The van der Waals surface area contributed by atoms with Gasteiger partial charge in [-0.15, -0.1) is 0 Å². The van der Waals surface area contributed by atoms with E-state index in [1.54, 1.807) is 12.3 Å². The molecule has 5 nitrogen and oxygen atoms in total. The molecule has 2 aliphatic heterocycles. The van der Waals surface area contributed by atoms with Crippen molar-refractivity contribution in [1.29, 1.82) is 0 Å². The van der Waals surface area contributed by atoms with Crippen LogP contribution in [0, 0.1) is 5.92 Å². The minimum absolute atomic E-state index is 0.0338. The maximum absolute atomic E-state index is 12.3. The molecule has 3 atom stereocenters. The average Bonchev–Trinajstić information content (AvgIpc) is 2.78. The van der Waals surface area contributed by atoms with Crippen molar-refractivity contribution >= 4 is 5.91 Å². The Labute approximate surface area is 106 Å². The lowest BCUT2D eigenvalue weighted by Crippen LogP contribution is -2.45. The van der Waals surface area contributed by atoms with Crippen molar-refractivity contribution in [3.63, 3.8) is 0 Å². The first-order valence-electron chi connectivity index (χ1n) is 6.45. The van der Waals surface area contributed by atoms with E-state index in [2.05, 4.69) is 17.1 Å². The van der Waals surface area contributed by atoms with Crippen molar-refractivity contribution in [2.24, 2.45) is 5.92 Å². The van der Waals surface area contributed by atoms with Crippen LogP contribution >= 0.6 is 0 Å². The van der Waals surface area contributed by atoms with E-state index < -0.39 is 0 Å². The smallest absolute Gasteiger partial charge is 0.255 e. The summed E-state index contributed by atoms with van der Waals surface area (Å²) in [6.45, 7) is 3.63. The number of amides is 1. The van der Waals surface area contributed by atoms with Crippen LogP contribution in [0.5, 0.6) is 0 Å². The second kappa shape index (κ2) is 4.65. The summed E-state index contributed by atoms with van der Waals surface area (Å²) in [5, 5.41) is 7.44. The van der Waals surface area contributed by atoms with Crippen molar-refractivity contribution < 1.29 is 9.53 Å². The number of ether oxygens (including phenoxy) is 1. The van der Waals surface area contributed by atoms with Gasteiger partial charge in [0.2, 0.25) is 0 Å². The Hall–Kier alpha value is -1.49. The molecule has 0 radical (unpaired) electrons. The summed E-state index contributed by atoms with van der Waals surface area (Å²) in [5.74, 6) is 0.658. The first kappa shape index (κ1) is 11.6. The molecule has 0 spiro atoms. The Morgan fingerprint density at radius 2 is 2.39 bits per heavy atom. The highest BCUT2D eigenvalue weighted by molar-refractivity contribution is 5.93. The van der Waals surface area contributed by atoms with Crippen molar-refractivity contribution in [3.05, 3.63) is 24.0 Å². The Balaban J connectivity index is 1.70. The summed E-state index contributed by atoms with van der Waals surface area (Å²) in [6, 6.07) is 1.71. The first-order valence-corrected chi connectivity index (χ1v) is 6.45. The summed E-state index contributed by atoms with van der Waals surface area (Å²) < 4.78 is 5.86. The van der Waals surface area contributed by atoms with Gasteiger partial charge in [0.1, 0.15) is 0 Å². The Morgan fingerprint density at radius 1 is 1.50 bits per heavy atom. The first-order chi connectivity index (χ1) is 8.74. The summed E-state index contributed by atoms with van der Waals surface area (Å²) in [4.78, 5) is 14.1. The van der Waals surface area contributed by atoms with Gasteiger partial charge in [0, 0.05) is 13.1 Å². The summed E-state index contributed by atoms with van der Waals surface area (Å²) in [7, 11) is 0. The topological polar surface area (TPSA) is 55.3 Å². The van der Waals surface area contributed by atoms with E-state index in [-0.39, 0.29) is 12.0 Å². The minimum Gasteiger partial charge on any atom is -0.373 e. The van der Waals surface area contributed by atoms with E-state index in [1.807, 2.05) is 4.90 Å². The van der Waals surface area contributed by atoms with Crippen LogP contribution in [0.4, 0.5) is 0 Å². The van der Waals surface area contributed by atoms with Gasteiger partial charge in [-0.25, -0.2) is 0 Å². The number of carbonyl (C=O) groups excluding carboxylic acids is 1. The van der Waals surface area contributed by atoms with Crippen molar-refractivity contribution in [2.45, 2.75) is 32.0 Å². The molecule has 2 aliphatic rings. The second-order valence-corrected chi connectivity index (χ2v) is 5.15. The zero-order valence-corrected chi connectivity index (χ0v) is 10.5. The maximum atomic E-state index is 12.3. The van der Waals surface area contributed by atoms with E-state index in [9.17, 15) is 4.79 Å². The second-order valence-electron chi connectivity index (χ2n) is 5.15. The number of likely N-dealkylation sites (tertiary alicyclic amines) is 1. The van der Waals surface area contributed by atoms with E-state index in [1.165, 1.54) is 6.20 Å². The minimum atomic E-state index is 0.0338. The van der Waals surface area contributed by atoms with Gasteiger partial charge in [-0.1, -0.05) is 0 Å². The van der Waals surface area contributed by atoms with Crippen LogP contribution in [0.2, 0.25) is 0 Å². The van der Waals surface area contributed by atoms with E-state index in [4.69, 9.17) is 4.74 Å². The molecule has 3 rings (SSSR count). The number of rotatable bonds is 1. The lowest BCUT2D eigenvalue weighted by atomic mass is 9.92. The molecule has 0 saturated carbocycles. The lowest BCUT2D eigenvalue weighted by Gasteiger charge is -2.34. The van der Waals surface area contributed by atoms with Crippen molar-refractivity contribution in [1.82, 2.24) is 15.1 Å². The lowest BCUT2D eigenvalue weighted by molar-refractivity contribution is 0.00155. The normalized spacial score (nSPS) is 31.2. The zero-order chi connectivity index (χ0) is 12.5. The molecule has 0 N–H and O–H groups in total. The Bertz CT molecular complexity index is 437. The molecule has 96 valence electrons. The molecule has 5 heteroatoms. The van der Waals surface area contributed by atoms with Gasteiger partial charge in [-0.3, -0.25) is 4.79 Å².